The number of nitrogens with zero attached hydrogens (tertiary/aromatic N) is 2. The van der Waals surface area contributed by atoms with Crippen molar-refractivity contribution in [2.75, 3.05) is 13.1 Å². The predicted octanol–water partition coefficient (Wildman–Crippen LogP) is 3.75. The summed E-state index contributed by atoms with van der Waals surface area (Å²) in [5.41, 5.74) is -0.226. The zero-order chi connectivity index (χ0) is 14.3. The molecule has 1 heterocycles. The summed E-state index contributed by atoms with van der Waals surface area (Å²) in [6.07, 6.45) is 7.11. The minimum Gasteiger partial charge on any atom is -0.343 e. The van der Waals surface area contributed by atoms with Crippen molar-refractivity contribution in [3.05, 3.63) is 0 Å². The number of hydrogen-bond acceptors (Lipinski definition) is 2. The molecule has 1 atom stereocenters. The van der Waals surface area contributed by atoms with Gasteiger partial charge in [0.05, 0.1) is 11.5 Å². The largest absolute Gasteiger partial charge is 0.343 e. The quantitative estimate of drug-likeness (QED) is 0.686. The van der Waals surface area contributed by atoms with Crippen LogP contribution in [0.4, 0.5) is 0 Å². The molecule has 108 valence electrons. The van der Waals surface area contributed by atoms with E-state index in [9.17, 15) is 4.79 Å². The summed E-state index contributed by atoms with van der Waals surface area (Å²) in [5.74, 6) is 1.06. The molecule has 0 spiro atoms. The van der Waals surface area contributed by atoms with Crippen LogP contribution in [0.5, 0.6) is 0 Å². The summed E-state index contributed by atoms with van der Waals surface area (Å²) in [5, 5.41) is 8.96. The van der Waals surface area contributed by atoms with Gasteiger partial charge >= 0.3 is 0 Å². The Balaban J connectivity index is 2.29. The van der Waals surface area contributed by atoms with E-state index >= 15 is 0 Å². The summed E-state index contributed by atoms with van der Waals surface area (Å²) in [4.78, 5) is 14.0. The Labute approximate surface area is 118 Å². The Hall–Kier alpha value is -1.04. The third kappa shape index (κ3) is 5.63. The fourth-order valence-corrected chi connectivity index (χ4v) is 2.66. The molecule has 1 amide bonds. The molecular formula is C16H28N2O. The van der Waals surface area contributed by atoms with E-state index in [0.29, 0.717) is 5.91 Å². The van der Waals surface area contributed by atoms with Gasteiger partial charge in [0.2, 0.25) is 5.91 Å². The molecule has 0 saturated carbocycles. The molecule has 1 rings (SSSR count). The van der Waals surface area contributed by atoms with Crippen LogP contribution < -0.4 is 0 Å². The lowest BCUT2D eigenvalue weighted by molar-refractivity contribution is -0.130. The Morgan fingerprint density at radius 3 is 2.74 bits per heavy atom. The molecule has 0 aromatic heterocycles. The normalized spacial score (nSPS) is 21.1. The number of rotatable bonds is 6. The van der Waals surface area contributed by atoms with Crippen LogP contribution in [0.1, 0.15) is 65.7 Å². The van der Waals surface area contributed by atoms with Crippen molar-refractivity contribution >= 4 is 5.91 Å². The van der Waals surface area contributed by atoms with Gasteiger partial charge in [-0.25, -0.2) is 0 Å². The lowest BCUT2D eigenvalue weighted by Crippen LogP contribution is -2.31. The summed E-state index contributed by atoms with van der Waals surface area (Å²) in [6.45, 7) is 7.98. The van der Waals surface area contributed by atoms with E-state index in [1.165, 1.54) is 6.42 Å². The number of nitriles is 1. The molecular weight excluding hydrogens is 236 g/mol. The molecule has 0 aliphatic carbocycles. The van der Waals surface area contributed by atoms with Crippen molar-refractivity contribution < 1.29 is 4.79 Å². The second-order valence-electron chi connectivity index (χ2n) is 6.44. The molecule has 1 unspecified atom stereocenters. The van der Waals surface area contributed by atoms with Gasteiger partial charge in [0.15, 0.2) is 0 Å². The first-order valence-electron chi connectivity index (χ1n) is 7.67. The molecule has 1 aliphatic rings. The molecule has 3 heteroatoms. The van der Waals surface area contributed by atoms with Gasteiger partial charge in [0.25, 0.3) is 0 Å². The average Bonchev–Trinajstić information content (AvgIpc) is 2.57. The highest BCUT2D eigenvalue weighted by Gasteiger charge is 2.21. The van der Waals surface area contributed by atoms with Crippen LogP contribution in [0.25, 0.3) is 0 Å². The summed E-state index contributed by atoms with van der Waals surface area (Å²) < 4.78 is 0. The number of hydrogen-bond donors (Lipinski definition) is 0. The zero-order valence-electron chi connectivity index (χ0n) is 12.7. The molecule has 0 aromatic rings. The molecule has 19 heavy (non-hydrogen) atoms. The highest BCUT2D eigenvalue weighted by Crippen LogP contribution is 2.23. The molecule has 0 radical (unpaired) electrons. The van der Waals surface area contributed by atoms with Crippen LogP contribution in [0.3, 0.4) is 0 Å². The maximum atomic E-state index is 12.0. The molecule has 3 nitrogen and oxygen atoms in total. The minimum atomic E-state index is -0.226. The predicted molar refractivity (Wildman–Crippen MR) is 77.5 cm³/mol. The first-order valence-corrected chi connectivity index (χ1v) is 7.67. The number of amides is 1. The lowest BCUT2D eigenvalue weighted by atomic mass is 9.89. The molecule has 1 fully saturated rings. The van der Waals surface area contributed by atoms with Crippen LogP contribution in [-0.2, 0) is 4.79 Å². The third-order valence-corrected chi connectivity index (χ3v) is 4.29. The van der Waals surface area contributed by atoms with Gasteiger partial charge in [-0.05, 0) is 45.4 Å². The van der Waals surface area contributed by atoms with Crippen LogP contribution in [0.15, 0.2) is 0 Å². The van der Waals surface area contributed by atoms with Crippen molar-refractivity contribution in [1.29, 1.82) is 5.26 Å². The van der Waals surface area contributed by atoms with Crippen molar-refractivity contribution in [3.8, 4) is 6.07 Å². The molecule has 0 aromatic carbocycles. The van der Waals surface area contributed by atoms with Crippen LogP contribution in [0, 0.1) is 22.7 Å². The van der Waals surface area contributed by atoms with E-state index in [1.807, 2.05) is 18.7 Å². The Kier molecular flexibility index (Phi) is 6.34. The zero-order valence-corrected chi connectivity index (χ0v) is 12.7. The van der Waals surface area contributed by atoms with E-state index in [4.69, 9.17) is 5.26 Å². The van der Waals surface area contributed by atoms with Gasteiger partial charge < -0.3 is 4.90 Å². The molecule has 0 bridgehead atoms. The van der Waals surface area contributed by atoms with Gasteiger partial charge in [0.1, 0.15) is 0 Å². The average molecular weight is 264 g/mol. The van der Waals surface area contributed by atoms with Crippen molar-refractivity contribution in [1.82, 2.24) is 4.90 Å². The summed E-state index contributed by atoms with van der Waals surface area (Å²) in [7, 11) is 0. The lowest BCUT2D eigenvalue weighted by Gasteiger charge is -2.21. The van der Waals surface area contributed by atoms with Gasteiger partial charge in [-0.3, -0.25) is 4.79 Å². The highest BCUT2D eigenvalue weighted by atomic mass is 16.2. The highest BCUT2D eigenvalue weighted by molar-refractivity contribution is 5.76. The standard InChI is InChI=1S/C16H28N2O/c1-4-14-7-8-15(19)18(12-9-14)11-6-5-10-16(2,3)13-17/h14H,4-12H2,1-3H3. The van der Waals surface area contributed by atoms with Gasteiger partial charge in [-0.2, -0.15) is 5.26 Å². The van der Waals surface area contributed by atoms with E-state index in [-0.39, 0.29) is 5.41 Å². The molecule has 1 saturated heterocycles. The molecule has 1 aliphatic heterocycles. The Morgan fingerprint density at radius 1 is 1.37 bits per heavy atom. The second kappa shape index (κ2) is 7.53. The maximum absolute atomic E-state index is 12.0. The van der Waals surface area contributed by atoms with E-state index < -0.39 is 0 Å². The summed E-state index contributed by atoms with van der Waals surface area (Å²) in [6, 6.07) is 2.33. The van der Waals surface area contributed by atoms with Crippen LogP contribution in [-0.4, -0.2) is 23.9 Å². The minimum absolute atomic E-state index is 0.226. The van der Waals surface area contributed by atoms with Crippen LogP contribution >= 0.6 is 0 Å². The van der Waals surface area contributed by atoms with Gasteiger partial charge in [-0.15, -0.1) is 0 Å². The fraction of sp³-hybridized carbons (Fsp3) is 0.875. The van der Waals surface area contributed by atoms with Crippen molar-refractivity contribution in [2.45, 2.75) is 65.7 Å². The summed E-state index contributed by atoms with van der Waals surface area (Å²) >= 11 is 0. The topological polar surface area (TPSA) is 44.1 Å². The van der Waals surface area contributed by atoms with Gasteiger partial charge in [0, 0.05) is 19.5 Å². The first-order chi connectivity index (χ1) is 8.98. The van der Waals surface area contributed by atoms with Crippen molar-refractivity contribution in [3.63, 3.8) is 0 Å². The Morgan fingerprint density at radius 2 is 2.11 bits per heavy atom. The number of unbranched alkanes of at least 4 members (excludes halogenated alkanes) is 1. The van der Waals surface area contributed by atoms with Crippen molar-refractivity contribution in [2.24, 2.45) is 11.3 Å². The number of likely N-dealkylation sites (tertiary alicyclic amines) is 1. The fourth-order valence-electron chi connectivity index (χ4n) is 2.66. The maximum Gasteiger partial charge on any atom is 0.222 e. The van der Waals surface area contributed by atoms with Gasteiger partial charge in [-0.1, -0.05) is 19.8 Å². The SMILES string of the molecule is CCC1CCC(=O)N(CCCCC(C)(C)C#N)CC1. The smallest absolute Gasteiger partial charge is 0.222 e. The second-order valence-corrected chi connectivity index (χ2v) is 6.44. The van der Waals surface area contributed by atoms with E-state index in [2.05, 4.69) is 13.0 Å². The monoisotopic (exact) mass is 264 g/mol. The molecule has 0 N–H and O–H groups in total. The first kappa shape index (κ1) is 16.0. The third-order valence-electron chi connectivity index (χ3n) is 4.29. The van der Waals surface area contributed by atoms with E-state index in [0.717, 1.165) is 57.5 Å². The van der Waals surface area contributed by atoms with E-state index in [1.54, 1.807) is 0 Å². The Bertz CT molecular complexity index is 330. The number of carbonyl (C=O) groups excluding carboxylic acids is 1. The van der Waals surface area contributed by atoms with Crippen LogP contribution in [0.2, 0.25) is 0 Å². The number of carbonyl (C=O) groups is 1.